The molecule has 3 heterocycles. The van der Waals surface area contributed by atoms with Crippen molar-refractivity contribution in [1.82, 2.24) is 4.98 Å². The molecule has 1 atom stereocenters. The Kier molecular flexibility index (Phi) is 2.32. The normalized spacial score (nSPS) is 26.7. The van der Waals surface area contributed by atoms with Crippen molar-refractivity contribution in [2.24, 2.45) is 0 Å². The maximum atomic E-state index is 6.03. The topological polar surface area (TPSA) is 25.4 Å². The lowest BCUT2D eigenvalue weighted by molar-refractivity contribution is 0.208. The van der Waals surface area contributed by atoms with Crippen molar-refractivity contribution >= 4 is 5.82 Å². The summed E-state index contributed by atoms with van der Waals surface area (Å²) in [5, 5.41) is 0. The van der Waals surface area contributed by atoms with Crippen LogP contribution in [0.4, 0.5) is 5.82 Å². The summed E-state index contributed by atoms with van der Waals surface area (Å²) in [5.74, 6) is 2.56. The Bertz CT molecular complexity index is 444. The van der Waals surface area contributed by atoms with Crippen molar-refractivity contribution in [2.75, 3.05) is 18.1 Å². The van der Waals surface area contributed by atoms with Crippen LogP contribution in [0.3, 0.4) is 0 Å². The summed E-state index contributed by atoms with van der Waals surface area (Å²) in [7, 11) is 0. The van der Waals surface area contributed by atoms with Crippen molar-refractivity contribution in [1.29, 1.82) is 0 Å². The molecule has 3 heteroatoms. The van der Waals surface area contributed by atoms with Gasteiger partial charge in [0.2, 0.25) is 0 Å². The molecule has 17 heavy (non-hydrogen) atoms. The van der Waals surface area contributed by atoms with E-state index in [4.69, 9.17) is 4.74 Å². The van der Waals surface area contributed by atoms with E-state index in [9.17, 15) is 0 Å². The monoisotopic (exact) mass is 232 g/mol. The SMILES string of the molecule is CC(C)c1ccnc2c1OC[C@@]1(C)CCCN21. The first kappa shape index (κ1) is 10.9. The fourth-order valence-corrected chi connectivity index (χ4v) is 3.01. The van der Waals surface area contributed by atoms with Crippen molar-refractivity contribution in [3.05, 3.63) is 17.8 Å². The lowest BCUT2D eigenvalue weighted by Gasteiger charge is -2.41. The highest BCUT2D eigenvalue weighted by atomic mass is 16.5. The zero-order chi connectivity index (χ0) is 12.0. The molecule has 92 valence electrons. The average Bonchev–Trinajstić information content (AvgIpc) is 2.70. The van der Waals surface area contributed by atoms with Gasteiger partial charge >= 0.3 is 0 Å². The van der Waals surface area contributed by atoms with Gasteiger partial charge in [-0.05, 0) is 31.7 Å². The fourth-order valence-electron chi connectivity index (χ4n) is 3.01. The fraction of sp³-hybridized carbons (Fsp3) is 0.643. The van der Waals surface area contributed by atoms with Gasteiger partial charge in [-0.1, -0.05) is 13.8 Å². The molecule has 1 fully saturated rings. The Morgan fingerprint density at radius 1 is 1.47 bits per heavy atom. The maximum Gasteiger partial charge on any atom is 0.172 e. The van der Waals surface area contributed by atoms with Crippen LogP contribution in [0.1, 0.15) is 45.1 Å². The van der Waals surface area contributed by atoms with Crippen LogP contribution in [0, 0.1) is 0 Å². The summed E-state index contributed by atoms with van der Waals surface area (Å²) < 4.78 is 6.03. The van der Waals surface area contributed by atoms with E-state index in [1.54, 1.807) is 0 Å². The third kappa shape index (κ3) is 1.52. The Morgan fingerprint density at radius 2 is 2.29 bits per heavy atom. The van der Waals surface area contributed by atoms with Gasteiger partial charge in [0.05, 0.1) is 5.54 Å². The van der Waals surface area contributed by atoms with Crippen LogP contribution in [-0.4, -0.2) is 23.7 Å². The largest absolute Gasteiger partial charge is 0.487 e. The van der Waals surface area contributed by atoms with E-state index < -0.39 is 0 Å². The second kappa shape index (κ2) is 3.62. The lowest BCUT2D eigenvalue weighted by atomic mass is 9.97. The molecule has 3 rings (SSSR count). The zero-order valence-electron chi connectivity index (χ0n) is 10.9. The van der Waals surface area contributed by atoms with E-state index in [1.807, 2.05) is 6.20 Å². The predicted octanol–water partition coefficient (Wildman–Crippen LogP) is 2.96. The zero-order valence-corrected chi connectivity index (χ0v) is 10.9. The number of aromatic nitrogens is 1. The third-order valence-electron chi connectivity index (χ3n) is 4.07. The van der Waals surface area contributed by atoms with Gasteiger partial charge in [-0.15, -0.1) is 0 Å². The van der Waals surface area contributed by atoms with Crippen LogP contribution in [0.5, 0.6) is 5.75 Å². The van der Waals surface area contributed by atoms with E-state index >= 15 is 0 Å². The van der Waals surface area contributed by atoms with Crippen molar-refractivity contribution in [3.8, 4) is 5.75 Å². The molecule has 0 N–H and O–H groups in total. The molecule has 3 nitrogen and oxygen atoms in total. The minimum Gasteiger partial charge on any atom is -0.487 e. The van der Waals surface area contributed by atoms with Gasteiger partial charge in [-0.3, -0.25) is 0 Å². The Labute approximate surface area is 103 Å². The van der Waals surface area contributed by atoms with Crippen LogP contribution in [0.2, 0.25) is 0 Å². The quantitative estimate of drug-likeness (QED) is 0.744. The standard InChI is InChI=1S/C14H20N2O/c1-10(2)11-5-7-15-13-12(11)17-9-14(3)6-4-8-16(13)14/h5,7,10H,4,6,8-9H2,1-3H3/t14-/m1/s1. The Hall–Kier alpha value is -1.25. The lowest BCUT2D eigenvalue weighted by Crippen LogP contribution is -2.49. The third-order valence-corrected chi connectivity index (χ3v) is 4.07. The molecule has 0 unspecified atom stereocenters. The molecular weight excluding hydrogens is 212 g/mol. The number of pyridine rings is 1. The summed E-state index contributed by atoms with van der Waals surface area (Å²) in [5.41, 5.74) is 1.44. The molecule has 1 saturated heterocycles. The molecule has 1 aromatic rings. The van der Waals surface area contributed by atoms with Gasteiger partial charge in [0.15, 0.2) is 11.6 Å². The molecule has 2 aliphatic rings. The molecule has 0 bridgehead atoms. The maximum absolute atomic E-state index is 6.03. The molecular formula is C14H20N2O. The minimum atomic E-state index is 0.162. The highest BCUT2D eigenvalue weighted by Crippen LogP contribution is 2.45. The van der Waals surface area contributed by atoms with Crippen LogP contribution >= 0.6 is 0 Å². The first-order valence-electron chi connectivity index (χ1n) is 6.51. The summed E-state index contributed by atoms with van der Waals surface area (Å²) in [6, 6.07) is 2.09. The smallest absolute Gasteiger partial charge is 0.172 e. The summed E-state index contributed by atoms with van der Waals surface area (Å²) in [4.78, 5) is 6.99. The molecule has 0 amide bonds. The molecule has 0 aliphatic carbocycles. The number of nitrogens with zero attached hydrogens (tertiary/aromatic N) is 2. The minimum absolute atomic E-state index is 0.162. The predicted molar refractivity (Wildman–Crippen MR) is 68.8 cm³/mol. The van der Waals surface area contributed by atoms with E-state index in [1.165, 1.54) is 18.4 Å². The first-order valence-corrected chi connectivity index (χ1v) is 6.51. The van der Waals surface area contributed by atoms with Crippen LogP contribution in [-0.2, 0) is 0 Å². The summed E-state index contributed by atoms with van der Waals surface area (Å²) in [6.45, 7) is 8.60. The van der Waals surface area contributed by atoms with Crippen LogP contribution in [0.15, 0.2) is 12.3 Å². The average molecular weight is 232 g/mol. The molecule has 0 aromatic carbocycles. The van der Waals surface area contributed by atoms with Gasteiger partial charge in [0, 0.05) is 18.3 Å². The van der Waals surface area contributed by atoms with Crippen molar-refractivity contribution < 1.29 is 4.74 Å². The Balaban J connectivity index is 2.10. The van der Waals surface area contributed by atoms with Gasteiger partial charge in [-0.25, -0.2) is 4.98 Å². The Morgan fingerprint density at radius 3 is 3.06 bits per heavy atom. The first-order chi connectivity index (χ1) is 8.12. The highest BCUT2D eigenvalue weighted by Gasteiger charge is 2.43. The summed E-state index contributed by atoms with van der Waals surface area (Å²) in [6.07, 6.45) is 4.37. The van der Waals surface area contributed by atoms with E-state index in [0.717, 1.165) is 24.7 Å². The van der Waals surface area contributed by atoms with Crippen LogP contribution < -0.4 is 9.64 Å². The number of ether oxygens (including phenoxy) is 1. The van der Waals surface area contributed by atoms with Crippen LogP contribution in [0.25, 0.3) is 0 Å². The number of fused-ring (bicyclic) bond motifs is 3. The van der Waals surface area contributed by atoms with E-state index in [2.05, 4.69) is 36.7 Å². The van der Waals surface area contributed by atoms with Gasteiger partial charge in [0.25, 0.3) is 0 Å². The number of rotatable bonds is 1. The molecule has 0 spiro atoms. The number of hydrogen-bond donors (Lipinski definition) is 0. The molecule has 1 aromatic heterocycles. The van der Waals surface area contributed by atoms with Crippen molar-refractivity contribution in [3.63, 3.8) is 0 Å². The molecule has 0 saturated carbocycles. The van der Waals surface area contributed by atoms with Crippen molar-refractivity contribution in [2.45, 2.75) is 45.1 Å². The van der Waals surface area contributed by atoms with E-state index in [-0.39, 0.29) is 5.54 Å². The number of anilines is 1. The number of hydrogen-bond acceptors (Lipinski definition) is 3. The van der Waals surface area contributed by atoms with Gasteiger partial charge in [-0.2, -0.15) is 0 Å². The second-order valence-electron chi connectivity index (χ2n) is 5.75. The summed E-state index contributed by atoms with van der Waals surface area (Å²) >= 11 is 0. The van der Waals surface area contributed by atoms with Gasteiger partial charge in [0.1, 0.15) is 6.61 Å². The molecule has 0 radical (unpaired) electrons. The second-order valence-corrected chi connectivity index (χ2v) is 5.75. The van der Waals surface area contributed by atoms with E-state index in [0.29, 0.717) is 5.92 Å². The molecule has 2 aliphatic heterocycles. The highest BCUT2D eigenvalue weighted by molar-refractivity contribution is 5.61. The van der Waals surface area contributed by atoms with Gasteiger partial charge < -0.3 is 9.64 Å².